The van der Waals surface area contributed by atoms with Crippen molar-refractivity contribution >= 4 is 23.2 Å². The first-order valence-electron chi connectivity index (χ1n) is 13.0. The molecule has 172 valence electrons. The third-order valence-electron chi connectivity index (χ3n) is 8.77. The van der Waals surface area contributed by atoms with Crippen LogP contribution >= 0.6 is 0 Å². The number of nitrogens with one attached hydrogen (secondary N) is 2. The van der Waals surface area contributed by atoms with Gasteiger partial charge in [-0.2, -0.15) is 0 Å². The van der Waals surface area contributed by atoms with E-state index in [0.717, 1.165) is 17.8 Å². The summed E-state index contributed by atoms with van der Waals surface area (Å²) in [7, 11) is 0. The van der Waals surface area contributed by atoms with Crippen molar-refractivity contribution in [3.8, 4) is 0 Å². The van der Waals surface area contributed by atoms with Gasteiger partial charge in [0.1, 0.15) is 0 Å². The minimum absolute atomic E-state index is 0.211. The van der Waals surface area contributed by atoms with Crippen molar-refractivity contribution in [1.82, 2.24) is 0 Å². The van der Waals surface area contributed by atoms with E-state index in [1.807, 2.05) is 24.3 Å². The molecule has 2 amide bonds. The Bertz CT molecular complexity index is 921. The Balaban J connectivity index is 1.00. The Kier molecular flexibility index (Phi) is 5.48. The molecule has 6 rings (SSSR count). The molecule has 0 bridgehead atoms. The molecule has 4 nitrogen and oxygen atoms in total. The summed E-state index contributed by atoms with van der Waals surface area (Å²) in [5, 5.41) is 6.26. The van der Waals surface area contributed by atoms with E-state index in [1.165, 1.54) is 62.5 Å². The molecule has 0 aromatic heterocycles. The predicted octanol–water partition coefficient (Wildman–Crippen LogP) is 6.03. The zero-order chi connectivity index (χ0) is 22.4. The van der Waals surface area contributed by atoms with Crippen molar-refractivity contribution < 1.29 is 9.59 Å². The van der Waals surface area contributed by atoms with Gasteiger partial charge in [0.05, 0.1) is 0 Å². The molecule has 0 saturated heterocycles. The fraction of sp³-hybridized carbons (Fsp3) is 0.517. The number of carbonyl (C=O) groups excluding carboxylic acids is 2. The summed E-state index contributed by atoms with van der Waals surface area (Å²) < 4.78 is 0. The average Bonchev–Trinajstić information content (AvgIpc) is 3.74. The van der Waals surface area contributed by atoms with Gasteiger partial charge in [-0.25, -0.2) is 0 Å². The molecule has 2 N–H and O–H groups in total. The summed E-state index contributed by atoms with van der Waals surface area (Å²) in [6.07, 6.45) is 10.9. The molecule has 4 fully saturated rings. The van der Waals surface area contributed by atoms with Crippen LogP contribution in [-0.4, -0.2) is 11.8 Å². The van der Waals surface area contributed by atoms with E-state index < -0.39 is 0 Å². The molecule has 33 heavy (non-hydrogen) atoms. The monoisotopic (exact) mass is 442 g/mol. The Morgan fingerprint density at radius 2 is 0.909 bits per heavy atom. The van der Waals surface area contributed by atoms with Crippen LogP contribution in [0, 0.1) is 35.5 Å². The number of fused-ring (bicyclic) bond motifs is 2. The van der Waals surface area contributed by atoms with Crippen LogP contribution in [0.5, 0.6) is 0 Å². The first-order chi connectivity index (χ1) is 16.2. The average molecular weight is 443 g/mol. The Morgan fingerprint density at radius 1 is 0.576 bits per heavy atom. The van der Waals surface area contributed by atoms with Gasteiger partial charge in [0.15, 0.2) is 0 Å². The highest BCUT2D eigenvalue weighted by molar-refractivity contribution is 5.95. The highest BCUT2D eigenvalue weighted by Gasteiger charge is 2.55. The SMILES string of the molecule is O=C(Nc1ccc(Cc2ccc(NC(=O)C3[C@@H]4CCCC[C@@H]34)cc2)cc1)C1[C@@H]2CCCC[C@@H]12. The number of rotatable bonds is 6. The maximum Gasteiger partial charge on any atom is 0.228 e. The van der Waals surface area contributed by atoms with Crippen molar-refractivity contribution in [2.24, 2.45) is 35.5 Å². The van der Waals surface area contributed by atoms with Crippen molar-refractivity contribution in [2.75, 3.05) is 10.6 Å². The van der Waals surface area contributed by atoms with Gasteiger partial charge in [-0.1, -0.05) is 49.9 Å². The van der Waals surface area contributed by atoms with Gasteiger partial charge in [0, 0.05) is 23.2 Å². The number of anilines is 2. The molecule has 4 atom stereocenters. The van der Waals surface area contributed by atoms with Gasteiger partial charge in [0.25, 0.3) is 0 Å². The fourth-order valence-electron chi connectivity index (χ4n) is 6.86. The van der Waals surface area contributed by atoms with E-state index in [9.17, 15) is 9.59 Å². The van der Waals surface area contributed by atoms with Crippen molar-refractivity contribution in [3.63, 3.8) is 0 Å². The molecular formula is C29H34N2O2. The standard InChI is InChI=1S/C29H34N2O2/c32-28(26-22-5-1-2-6-23(22)26)30-20-13-9-18(10-14-20)17-19-11-15-21(16-12-19)31-29(33)27-24-7-3-4-8-25(24)27/h9-16,22-27H,1-8,17H2,(H,30,32)(H,31,33)/t22-,23-,24-,25-/m1/s1. The summed E-state index contributed by atoms with van der Waals surface area (Å²) in [4.78, 5) is 25.2. The number of amides is 2. The Labute approximate surface area is 196 Å². The first-order valence-corrected chi connectivity index (χ1v) is 13.0. The lowest BCUT2D eigenvalue weighted by Gasteiger charge is -2.08. The summed E-state index contributed by atoms with van der Waals surface area (Å²) in [6.45, 7) is 0. The lowest BCUT2D eigenvalue weighted by molar-refractivity contribution is -0.118. The second-order valence-corrected chi connectivity index (χ2v) is 10.8. The van der Waals surface area contributed by atoms with Gasteiger partial charge in [-0.05, 0) is 91.2 Å². The normalized spacial score (nSPS) is 31.6. The zero-order valence-corrected chi connectivity index (χ0v) is 19.3. The molecule has 4 aliphatic carbocycles. The molecule has 4 heteroatoms. The summed E-state index contributed by atoms with van der Waals surface area (Å²) in [5.74, 6) is 3.47. The minimum Gasteiger partial charge on any atom is -0.326 e. The van der Waals surface area contributed by atoms with Gasteiger partial charge in [-0.3, -0.25) is 9.59 Å². The van der Waals surface area contributed by atoms with Crippen LogP contribution < -0.4 is 10.6 Å². The molecule has 4 saturated carbocycles. The predicted molar refractivity (Wildman–Crippen MR) is 131 cm³/mol. The summed E-state index contributed by atoms with van der Waals surface area (Å²) in [6, 6.07) is 16.5. The van der Waals surface area contributed by atoms with Gasteiger partial charge < -0.3 is 10.6 Å². The lowest BCUT2D eigenvalue weighted by atomic mass is 10.0. The number of carbonyl (C=O) groups is 2. The second-order valence-electron chi connectivity index (χ2n) is 10.8. The topological polar surface area (TPSA) is 58.2 Å². The molecular weight excluding hydrogens is 408 g/mol. The van der Waals surface area contributed by atoms with E-state index in [4.69, 9.17) is 0 Å². The van der Waals surface area contributed by atoms with Crippen LogP contribution in [0.25, 0.3) is 0 Å². The van der Waals surface area contributed by atoms with Gasteiger partial charge in [0.2, 0.25) is 11.8 Å². The molecule has 0 radical (unpaired) electrons. The van der Waals surface area contributed by atoms with E-state index >= 15 is 0 Å². The Hall–Kier alpha value is -2.62. The quantitative estimate of drug-likeness (QED) is 0.574. The van der Waals surface area contributed by atoms with Crippen LogP contribution in [-0.2, 0) is 16.0 Å². The van der Waals surface area contributed by atoms with E-state index in [0.29, 0.717) is 23.7 Å². The van der Waals surface area contributed by atoms with Crippen molar-refractivity contribution in [1.29, 1.82) is 0 Å². The molecule has 0 heterocycles. The molecule has 0 unspecified atom stereocenters. The third kappa shape index (κ3) is 4.32. The van der Waals surface area contributed by atoms with Crippen molar-refractivity contribution in [2.45, 2.75) is 57.8 Å². The summed E-state index contributed by atoms with van der Waals surface area (Å²) >= 11 is 0. The smallest absolute Gasteiger partial charge is 0.228 e. The number of benzene rings is 2. The largest absolute Gasteiger partial charge is 0.326 e. The van der Waals surface area contributed by atoms with E-state index in [2.05, 4.69) is 34.9 Å². The van der Waals surface area contributed by atoms with E-state index in [1.54, 1.807) is 0 Å². The minimum atomic E-state index is 0.211. The van der Waals surface area contributed by atoms with Crippen molar-refractivity contribution in [3.05, 3.63) is 59.7 Å². The van der Waals surface area contributed by atoms with Crippen LogP contribution in [0.1, 0.15) is 62.5 Å². The number of hydrogen-bond donors (Lipinski definition) is 2. The molecule has 2 aromatic carbocycles. The highest BCUT2D eigenvalue weighted by Crippen LogP contribution is 2.56. The summed E-state index contributed by atoms with van der Waals surface area (Å²) in [5.41, 5.74) is 4.22. The first kappa shape index (κ1) is 20.9. The molecule has 4 aliphatic rings. The van der Waals surface area contributed by atoms with Crippen LogP contribution in [0.2, 0.25) is 0 Å². The Morgan fingerprint density at radius 3 is 1.24 bits per heavy atom. The van der Waals surface area contributed by atoms with Gasteiger partial charge in [-0.15, -0.1) is 0 Å². The second kappa shape index (κ2) is 8.62. The molecule has 0 aliphatic heterocycles. The van der Waals surface area contributed by atoms with Crippen LogP contribution in [0.15, 0.2) is 48.5 Å². The highest BCUT2D eigenvalue weighted by atomic mass is 16.2. The zero-order valence-electron chi connectivity index (χ0n) is 19.3. The van der Waals surface area contributed by atoms with Crippen LogP contribution in [0.4, 0.5) is 11.4 Å². The molecule has 2 aromatic rings. The fourth-order valence-corrected chi connectivity index (χ4v) is 6.86. The van der Waals surface area contributed by atoms with Gasteiger partial charge >= 0.3 is 0 Å². The van der Waals surface area contributed by atoms with Crippen LogP contribution in [0.3, 0.4) is 0 Å². The maximum absolute atomic E-state index is 12.6. The third-order valence-corrected chi connectivity index (χ3v) is 8.77. The molecule has 0 spiro atoms. The number of hydrogen-bond acceptors (Lipinski definition) is 2. The maximum atomic E-state index is 12.6. The van der Waals surface area contributed by atoms with E-state index in [-0.39, 0.29) is 23.7 Å². The lowest BCUT2D eigenvalue weighted by Crippen LogP contribution is -2.15.